The highest BCUT2D eigenvalue weighted by molar-refractivity contribution is 6.00. The number of ether oxygens (including phenoxy) is 2. The maximum atomic E-state index is 11.6. The largest absolute Gasteiger partial charge is 0.478 e. The summed E-state index contributed by atoms with van der Waals surface area (Å²) < 4.78 is 9.66. The number of nitrogens with two attached hydrogens (primary N) is 3. The molecule has 228 valence electrons. The van der Waals surface area contributed by atoms with Gasteiger partial charge in [0.1, 0.15) is 0 Å². The second-order valence-electron chi connectivity index (χ2n) is 10.0. The number of primary amides is 2. The number of hydrogen-bond donors (Lipinski definition) is 6. The summed E-state index contributed by atoms with van der Waals surface area (Å²) in [5.41, 5.74) is 16.8. The Morgan fingerprint density at radius 3 is 2.23 bits per heavy atom. The lowest BCUT2D eigenvalue weighted by Gasteiger charge is -2.30. The molecule has 12 nitrogen and oxygen atoms in total. The Kier molecular flexibility index (Phi) is 21.1. The van der Waals surface area contributed by atoms with Gasteiger partial charge in [-0.25, -0.2) is 4.79 Å². The van der Waals surface area contributed by atoms with E-state index in [4.69, 9.17) is 20.7 Å². The maximum absolute atomic E-state index is 11.6. The lowest BCUT2D eigenvalue weighted by molar-refractivity contribution is -0.126. The van der Waals surface area contributed by atoms with Gasteiger partial charge >= 0.3 is 6.09 Å². The third kappa shape index (κ3) is 17.6. The van der Waals surface area contributed by atoms with Crippen molar-refractivity contribution in [2.24, 2.45) is 34.5 Å². The Bertz CT molecular complexity index is 886. The zero-order chi connectivity index (χ0) is 31.1. The van der Waals surface area contributed by atoms with Crippen LogP contribution in [0.4, 0.5) is 4.79 Å². The van der Waals surface area contributed by atoms with Crippen LogP contribution in [0, 0.1) is 22.7 Å². The number of carbonyl (C=O) groups is 4. The van der Waals surface area contributed by atoms with Gasteiger partial charge in [0.2, 0.25) is 18.2 Å². The van der Waals surface area contributed by atoms with Gasteiger partial charge in [-0.15, -0.1) is 0 Å². The highest BCUT2D eigenvalue weighted by Crippen LogP contribution is 2.37. The van der Waals surface area contributed by atoms with Crippen LogP contribution < -0.4 is 27.8 Å². The van der Waals surface area contributed by atoms with Crippen LogP contribution in [0.1, 0.15) is 73.1 Å². The second-order valence-corrected chi connectivity index (χ2v) is 10.0. The van der Waals surface area contributed by atoms with Crippen LogP contribution in [0.15, 0.2) is 35.0 Å². The van der Waals surface area contributed by atoms with Crippen molar-refractivity contribution < 1.29 is 28.7 Å². The van der Waals surface area contributed by atoms with Crippen LogP contribution in [0.2, 0.25) is 0 Å². The number of allylic oxidation sites excluding steroid dienone is 3. The van der Waals surface area contributed by atoms with E-state index in [-0.39, 0.29) is 29.7 Å². The monoisotopic (exact) mass is 566 g/mol. The van der Waals surface area contributed by atoms with Gasteiger partial charge in [-0.3, -0.25) is 14.4 Å². The zero-order valence-corrected chi connectivity index (χ0v) is 24.9. The van der Waals surface area contributed by atoms with E-state index in [2.05, 4.69) is 26.8 Å². The lowest BCUT2D eigenvalue weighted by atomic mass is 9.77. The Labute approximate surface area is 238 Å². The van der Waals surface area contributed by atoms with Crippen molar-refractivity contribution in [3.8, 4) is 0 Å². The van der Waals surface area contributed by atoms with Gasteiger partial charge in [-0.05, 0) is 71.1 Å². The first-order valence-electron chi connectivity index (χ1n) is 13.4. The van der Waals surface area contributed by atoms with Crippen LogP contribution in [-0.2, 0) is 23.9 Å². The standard InChI is InChI=1S/C15H25N3O3.C9H15N.C3H7NO2.CH3NO/c1-11(2)10-21-13(12(8-16)9-19)18-7-6-15(3,4)14(20)17-5;10-9-5-4-7-2-1-3-8(9)6-7;1-2-6-3(4)5;2-1-3/h6-9,11,16,18H,10H2,1-5H3,(H,17,20);7H,1-6,10H2;2H2,1H3,(H2,4,5);1H,(H2,2,3)/b7-6+,13-12-,16-8?;;;. The molecular weight excluding hydrogens is 516 g/mol. The smallest absolute Gasteiger partial charge is 0.404 e. The molecule has 1 saturated carbocycles. The van der Waals surface area contributed by atoms with E-state index >= 15 is 0 Å². The first kappa shape index (κ1) is 38.3. The molecule has 0 aromatic heterocycles. The summed E-state index contributed by atoms with van der Waals surface area (Å²) in [6.45, 7) is 9.96. The second kappa shape index (κ2) is 22.0. The predicted octanol–water partition coefficient (Wildman–Crippen LogP) is 2.98. The van der Waals surface area contributed by atoms with Gasteiger partial charge in [0.05, 0.1) is 24.2 Å². The zero-order valence-electron chi connectivity index (χ0n) is 24.9. The topological polar surface area (TPSA) is 213 Å². The molecule has 2 bridgehead atoms. The van der Waals surface area contributed by atoms with Crippen molar-refractivity contribution in [3.63, 3.8) is 0 Å². The molecule has 2 rings (SSSR count). The van der Waals surface area contributed by atoms with Crippen LogP contribution >= 0.6 is 0 Å². The molecule has 2 aliphatic rings. The third-order valence-electron chi connectivity index (χ3n) is 5.82. The van der Waals surface area contributed by atoms with Crippen LogP contribution in [0.3, 0.4) is 0 Å². The molecule has 0 aliphatic heterocycles. The van der Waals surface area contributed by atoms with Crippen molar-refractivity contribution in [3.05, 3.63) is 35.0 Å². The predicted molar refractivity (Wildman–Crippen MR) is 157 cm³/mol. The van der Waals surface area contributed by atoms with Crippen molar-refractivity contribution in [1.82, 2.24) is 10.6 Å². The van der Waals surface area contributed by atoms with Gasteiger partial charge in [-0.2, -0.15) is 0 Å². The van der Waals surface area contributed by atoms with Crippen LogP contribution in [-0.4, -0.2) is 51.2 Å². The Morgan fingerprint density at radius 1 is 1.18 bits per heavy atom. The molecule has 12 heteroatoms. The number of nitrogens with one attached hydrogen (secondary N) is 3. The van der Waals surface area contributed by atoms with E-state index in [1.807, 2.05) is 13.8 Å². The summed E-state index contributed by atoms with van der Waals surface area (Å²) in [6.07, 6.45) is 12.2. The quantitative estimate of drug-likeness (QED) is 0.0998. The summed E-state index contributed by atoms with van der Waals surface area (Å²) >= 11 is 0. The molecule has 1 fully saturated rings. The summed E-state index contributed by atoms with van der Waals surface area (Å²) in [5, 5.41) is 12.6. The number of aldehydes is 1. The fourth-order valence-electron chi connectivity index (χ4n) is 3.71. The molecule has 2 aliphatic carbocycles. The minimum atomic E-state index is -0.711. The number of hydrogen-bond acceptors (Lipinski definition) is 9. The number of carbonyl (C=O) groups excluding carboxylic acids is 4. The van der Waals surface area contributed by atoms with Crippen LogP contribution in [0.5, 0.6) is 0 Å². The molecule has 0 heterocycles. The lowest BCUT2D eigenvalue weighted by Crippen LogP contribution is -2.33. The van der Waals surface area contributed by atoms with Crippen molar-refractivity contribution in [2.45, 2.75) is 73.1 Å². The SMILES string of the molecule is CCOC(N)=O.CNC(=O)C(C)(C)/C=C/N/C(OCC(C)C)=C(\C=N)C=O.NC1=C2CCCC(CC1)C2.NC=O. The molecule has 0 radical (unpaired) electrons. The van der Waals surface area contributed by atoms with Crippen molar-refractivity contribution in [2.75, 3.05) is 20.3 Å². The van der Waals surface area contributed by atoms with E-state index in [1.165, 1.54) is 50.4 Å². The van der Waals surface area contributed by atoms with Crippen molar-refractivity contribution >= 4 is 30.9 Å². The Hall–Kier alpha value is -3.83. The number of amides is 3. The average Bonchev–Trinajstić information content (AvgIpc) is 2.90. The highest BCUT2D eigenvalue weighted by atomic mass is 16.5. The molecule has 40 heavy (non-hydrogen) atoms. The molecular formula is C28H50N6O6. The minimum Gasteiger partial charge on any atom is -0.478 e. The summed E-state index contributed by atoms with van der Waals surface area (Å²) in [5.74, 6) is 1.36. The highest BCUT2D eigenvalue weighted by Gasteiger charge is 2.23. The van der Waals surface area contributed by atoms with Gasteiger partial charge < -0.3 is 42.7 Å². The molecule has 0 aromatic carbocycles. The molecule has 3 amide bonds. The summed E-state index contributed by atoms with van der Waals surface area (Å²) in [6, 6.07) is 0. The molecule has 9 N–H and O–H groups in total. The fourth-order valence-corrected chi connectivity index (χ4v) is 3.71. The molecule has 0 saturated heterocycles. The molecule has 1 unspecified atom stereocenters. The van der Waals surface area contributed by atoms with Gasteiger partial charge in [0.25, 0.3) is 0 Å². The summed E-state index contributed by atoms with van der Waals surface area (Å²) in [4.78, 5) is 40.7. The first-order valence-corrected chi connectivity index (χ1v) is 13.4. The molecule has 0 aromatic rings. The molecule has 1 atom stereocenters. The number of fused-ring (bicyclic) bond motifs is 2. The van der Waals surface area contributed by atoms with Crippen molar-refractivity contribution in [1.29, 1.82) is 5.41 Å². The van der Waals surface area contributed by atoms with Gasteiger partial charge in [-0.1, -0.05) is 25.5 Å². The maximum Gasteiger partial charge on any atom is 0.404 e. The van der Waals surface area contributed by atoms with E-state index in [0.29, 0.717) is 19.5 Å². The minimum absolute atomic E-state index is 0.109. The Balaban J connectivity index is 0. The number of rotatable bonds is 10. The van der Waals surface area contributed by atoms with E-state index < -0.39 is 11.5 Å². The van der Waals surface area contributed by atoms with Gasteiger partial charge in [0, 0.05) is 25.2 Å². The molecule has 0 spiro atoms. The van der Waals surface area contributed by atoms with Crippen LogP contribution in [0.25, 0.3) is 0 Å². The van der Waals surface area contributed by atoms with E-state index in [0.717, 1.165) is 12.1 Å². The average molecular weight is 567 g/mol. The fraction of sp³-hybridized carbons (Fsp3) is 0.607. The third-order valence-corrected chi connectivity index (χ3v) is 5.82. The summed E-state index contributed by atoms with van der Waals surface area (Å²) in [7, 11) is 1.57. The van der Waals surface area contributed by atoms with E-state index in [9.17, 15) is 14.4 Å². The first-order chi connectivity index (χ1) is 18.8. The van der Waals surface area contributed by atoms with Gasteiger partial charge in [0.15, 0.2) is 6.29 Å². The Morgan fingerprint density at radius 2 is 1.80 bits per heavy atom. The normalized spacial score (nSPS) is 16.3. The van der Waals surface area contributed by atoms with E-state index in [1.54, 1.807) is 39.5 Å².